The van der Waals surface area contributed by atoms with Crippen molar-refractivity contribution in [3.8, 4) is 0 Å². The molecular formula is C25H23CrNO6S. The van der Waals surface area contributed by atoms with E-state index >= 15 is 0 Å². The molecule has 9 heteroatoms. The second-order valence-electron chi connectivity index (χ2n) is 6.62. The molecule has 2 N–H and O–H groups in total. The van der Waals surface area contributed by atoms with Crippen molar-refractivity contribution in [1.29, 1.82) is 0 Å². The summed E-state index contributed by atoms with van der Waals surface area (Å²) < 4.78 is 51.0. The van der Waals surface area contributed by atoms with Crippen molar-refractivity contribution < 1.29 is 44.8 Å². The van der Waals surface area contributed by atoms with E-state index < -0.39 is 22.2 Å². The molecule has 0 saturated heterocycles. The predicted octanol–water partition coefficient (Wildman–Crippen LogP) is 3.94. The molecule has 3 rings (SSSR count). The van der Waals surface area contributed by atoms with Gasteiger partial charge in [-0.05, 0) is 42.7 Å². The summed E-state index contributed by atoms with van der Waals surface area (Å²) in [4.78, 5) is 0.172. The molecule has 176 valence electrons. The van der Waals surface area contributed by atoms with Crippen LogP contribution in [-0.4, -0.2) is 13.5 Å². The van der Waals surface area contributed by atoms with Gasteiger partial charge >= 0.3 is 33.9 Å². The fourth-order valence-electron chi connectivity index (χ4n) is 3.03. The van der Waals surface area contributed by atoms with E-state index in [1.807, 2.05) is 68.4 Å². The van der Waals surface area contributed by atoms with E-state index in [2.05, 4.69) is 24.7 Å². The Bertz CT molecular complexity index is 1130. The number of hydrogen-bond donors (Lipinski definition) is 2. The monoisotopic (exact) mass is 517 g/mol. The first kappa shape index (κ1) is 33.5. The molecule has 0 saturated carbocycles. The summed E-state index contributed by atoms with van der Waals surface area (Å²) in [6, 6.07) is 22.4. The first-order valence-electron chi connectivity index (χ1n) is 9.37. The molecule has 0 heterocycles. The van der Waals surface area contributed by atoms with Gasteiger partial charge in [0.2, 0.25) is 10.0 Å². The van der Waals surface area contributed by atoms with Crippen molar-refractivity contribution in [2.24, 2.45) is 0 Å². The molecule has 0 aliphatic rings. The Hall–Kier alpha value is -2.72. The average molecular weight is 518 g/mol. The SMILES string of the molecule is Cc1ccc(S(=O)(=O)N[C@H](c2ccccc2)[C@H](O)c2ccccc2C)cc1.[C-]#[O+].[C-]#[O+].[C-]#[O+].[Cr]. The van der Waals surface area contributed by atoms with Gasteiger partial charge in [0.05, 0.1) is 17.0 Å². The summed E-state index contributed by atoms with van der Waals surface area (Å²) in [5.41, 5.74) is 3.27. The van der Waals surface area contributed by atoms with Crippen molar-refractivity contribution in [3.05, 3.63) is 121 Å². The minimum Gasteiger partial charge on any atom is 0 e. The van der Waals surface area contributed by atoms with Gasteiger partial charge in [-0.15, -0.1) is 0 Å². The van der Waals surface area contributed by atoms with Gasteiger partial charge in [0.25, 0.3) is 0 Å². The van der Waals surface area contributed by atoms with Crippen LogP contribution in [0.1, 0.15) is 34.4 Å². The Morgan fingerprint density at radius 2 is 1.24 bits per heavy atom. The molecule has 7 nitrogen and oxygen atoms in total. The van der Waals surface area contributed by atoms with Crippen LogP contribution in [0.25, 0.3) is 0 Å². The molecule has 0 spiro atoms. The zero-order chi connectivity index (χ0) is 25.4. The van der Waals surface area contributed by atoms with Gasteiger partial charge in [-0.3, -0.25) is 0 Å². The number of rotatable bonds is 6. The van der Waals surface area contributed by atoms with E-state index in [9.17, 15) is 13.5 Å². The number of nitrogens with one attached hydrogen (secondary N) is 1. The Kier molecular flexibility index (Phi) is 17.4. The van der Waals surface area contributed by atoms with E-state index in [-0.39, 0.29) is 22.3 Å². The van der Waals surface area contributed by atoms with E-state index in [0.29, 0.717) is 11.1 Å². The van der Waals surface area contributed by atoms with Crippen molar-refractivity contribution in [3.63, 3.8) is 0 Å². The Balaban J connectivity index is 0. The third kappa shape index (κ3) is 9.64. The van der Waals surface area contributed by atoms with Crippen molar-refractivity contribution in [2.45, 2.75) is 30.9 Å². The number of hydrogen-bond acceptors (Lipinski definition) is 3. The zero-order valence-corrected chi connectivity index (χ0v) is 20.6. The molecule has 3 aromatic rings. The standard InChI is InChI=1S/C22H23NO3S.3CO.Cr/c1-16-12-14-19(15-13-16)27(25,26)23-21(18-9-4-3-5-10-18)22(24)20-11-7-6-8-17(20)2;3*1-2;/h3-15,21-24H,1-2H3;;;;/t21-,22-;;;;/m1..../s1. The summed E-state index contributed by atoms with van der Waals surface area (Å²) in [5, 5.41) is 11.0. The summed E-state index contributed by atoms with van der Waals surface area (Å²) >= 11 is 0. The van der Waals surface area contributed by atoms with Gasteiger partial charge in [0.15, 0.2) is 0 Å². The molecule has 0 unspecified atom stereocenters. The van der Waals surface area contributed by atoms with Crippen molar-refractivity contribution in [2.75, 3.05) is 0 Å². The number of benzene rings is 3. The topological polar surface area (TPSA) is 126 Å². The molecular weight excluding hydrogens is 494 g/mol. The molecule has 0 aliphatic carbocycles. The van der Waals surface area contributed by atoms with Gasteiger partial charge < -0.3 is 5.11 Å². The Morgan fingerprint density at radius 3 is 1.74 bits per heavy atom. The Labute approximate surface area is 211 Å². The maximum Gasteiger partial charge on any atom is 0 e. The Morgan fingerprint density at radius 1 is 0.765 bits per heavy atom. The quantitative estimate of drug-likeness (QED) is 0.380. The van der Waals surface area contributed by atoms with Crippen LogP contribution in [0.2, 0.25) is 0 Å². The van der Waals surface area contributed by atoms with E-state index in [1.54, 1.807) is 24.3 Å². The third-order valence-corrected chi connectivity index (χ3v) is 6.05. The smallest absolute Gasteiger partial charge is 0 e. The van der Waals surface area contributed by atoms with E-state index in [1.165, 1.54) is 0 Å². The fourth-order valence-corrected chi connectivity index (χ4v) is 4.26. The minimum atomic E-state index is -3.80. The molecule has 0 fully saturated rings. The van der Waals surface area contributed by atoms with Crippen molar-refractivity contribution in [1.82, 2.24) is 4.72 Å². The molecule has 0 aliphatic heterocycles. The first-order chi connectivity index (χ1) is 15.9. The molecule has 0 aromatic heterocycles. The minimum absolute atomic E-state index is 0. The van der Waals surface area contributed by atoms with Crippen LogP contribution in [0.15, 0.2) is 83.8 Å². The number of aliphatic hydroxyl groups is 1. The normalized spacial score (nSPS) is 11.2. The van der Waals surface area contributed by atoms with Crippen molar-refractivity contribution >= 4 is 10.0 Å². The second-order valence-corrected chi connectivity index (χ2v) is 8.34. The van der Waals surface area contributed by atoms with E-state index in [4.69, 9.17) is 14.0 Å². The summed E-state index contributed by atoms with van der Waals surface area (Å²) in [5.74, 6) is 0. The predicted molar refractivity (Wildman–Crippen MR) is 119 cm³/mol. The summed E-state index contributed by atoms with van der Waals surface area (Å²) in [7, 11) is -3.80. The van der Waals surface area contributed by atoms with Crippen LogP contribution >= 0.6 is 0 Å². The van der Waals surface area contributed by atoms with Crippen LogP contribution in [0, 0.1) is 33.8 Å². The zero-order valence-electron chi connectivity index (χ0n) is 18.5. The number of aliphatic hydroxyl groups excluding tert-OH is 1. The molecule has 34 heavy (non-hydrogen) atoms. The fraction of sp³-hybridized carbons (Fsp3) is 0.160. The van der Waals surface area contributed by atoms with Gasteiger partial charge in [-0.2, -0.15) is 0 Å². The largest absolute Gasteiger partial charge is 0 e. The molecule has 0 amide bonds. The van der Waals surface area contributed by atoms with Crippen LogP contribution in [0.3, 0.4) is 0 Å². The average Bonchev–Trinajstić information content (AvgIpc) is 2.87. The van der Waals surface area contributed by atoms with Gasteiger partial charge in [-0.25, -0.2) is 13.1 Å². The van der Waals surface area contributed by atoms with E-state index in [0.717, 1.165) is 11.1 Å². The van der Waals surface area contributed by atoms with Gasteiger partial charge in [0.1, 0.15) is 0 Å². The van der Waals surface area contributed by atoms with Gasteiger partial charge in [-0.1, -0.05) is 72.3 Å². The number of aryl methyl sites for hydroxylation is 2. The summed E-state index contributed by atoms with van der Waals surface area (Å²) in [6.45, 7) is 17.3. The molecule has 3 aromatic carbocycles. The maximum atomic E-state index is 12.9. The summed E-state index contributed by atoms with van der Waals surface area (Å²) in [6.07, 6.45) is -1.02. The molecule has 2 atom stereocenters. The molecule has 0 radical (unpaired) electrons. The van der Waals surface area contributed by atoms with Crippen LogP contribution in [0.5, 0.6) is 0 Å². The molecule has 0 bridgehead atoms. The third-order valence-electron chi connectivity index (χ3n) is 4.59. The van der Waals surface area contributed by atoms with Crippen LogP contribution < -0.4 is 4.72 Å². The number of sulfonamides is 1. The maximum absolute atomic E-state index is 12.9. The second kappa shape index (κ2) is 17.7. The van der Waals surface area contributed by atoms with Crippen LogP contribution in [-0.2, 0) is 41.3 Å². The van der Waals surface area contributed by atoms with Gasteiger partial charge in [0, 0.05) is 17.4 Å². The first-order valence-corrected chi connectivity index (χ1v) is 10.9. The van der Waals surface area contributed by atoms with Crippen LogP contribution in [0.4, 0.5) is 0 Å².